The average molecular weight is 386 g/mol. The molecular formula is C23H22N4O2. The molecule has 2 aromatic carbocycles. The second-order valence-corrected chi connectivity index (χ2v) is 7.03. The number of hydrogen-bond acceptors (Lipinski definition) is 5. The molecule has 6 nitrogen and oxygen atoms in total. The molecule has 3 N–H and O–H groups in total. The minimum Gasteiger partial charge on any atom is -0.494 e. The lowest BCUT2D eigenvalue weighted by Crippen LogP contribution is -2.21. The lowest BCUT2D eigenvalue weighted by molar-refractivity contribution is 0.317. The highest BCUT2D eigenvalue weighted by atomic mass is 16.5. The third kappa shape index (κ3) is 3.43. The minimum atomic E-state index is -0.353. The number of allylic oxidation sites excluding steroid dienone is 1. The molecular weight excluding hydrogens is 364 g/mol. The molecule has 29 heavy (non-hydrogen) atoms. The Morgan fingerprint density at radius 3 is 2.55 bits per heavy atom. The van der Waals surface area contributed by atoms with Crippen molar-refractivity contribution in [2.75, 3.05) is 6.61 Å². The van der Waals surface area contributed by atoms with Crippen molar-refractivity contribution in [1.82, 2.24) is 10.2 Å². The number of fused-ring (bicyclic) bond motifs is 1. The Morgan fingerprint density at radius 2 is 1.90 bits per heavy atom. The molecule has 0 radical (unpaired) electrons. The highest BCUT2D eigenvalue weighted by Gasteiger charge is 2.35. The highest BCUT2D eigenvalue weighted by molar-refractivity contribution is 5.71. The molecule has 0 aliphatic carbocycles. The van der Waals surface area contributed by atoms with Crippen LogP contribution in [-0.2, 0) is 0 Å². The molecule has 0 saturated heterocycles. The van der Waals surface area contributed by atoms with E-state index in [1.54, 1.807) is 0 Å². The first kappa shape index (κ1) is 18.6. The SMILES string of the molecule is CCCOc1ccc(-c2[nH]nc3c2C(c2ccc(C)cc2)C(C#N)=C(N)O3)cc1. The van der Waals surface area contributed by atoms with Gasteiger partial charge < -0.3 is 15.2 Å². The summed E-state index contributed by atoms with van der Waals surface area (Å²) in [5.74, 6) is 0.951. The van der Waals surface area contributed by atoms with Crippen LogP contribution in [0, 0.1) is 18.3 Å². The highest BCUT2D eigenvalue weighted by Crippen LogP contribution is 2.45. The third-order valence-corrected chi connectivity index (χ3v) is 4.97. The van der Waals surface area contributed by atoms with Gasteiger partial charge in [0.1, 0.15) is 17.4 Å². The Labute approximate surface area is 169 Å². The number of rotatable bonds is 5. The van der Waals surface area contributed by atoms with Gasteiger partial charge >= 0.3 is 0 Å². The third-order valence-electron chi connectivity index (χ3n) is 4.97. The summed E-state index contributed by atoms with van der Waals surface area (Å²) < 4.78 is 11.3. The molecule has 6 heteroatoms. The van der Waals surface area contributed by atoms with Gasteiger partial charge in [0, 0.05) is 5.56 Å². The standard InChI is InChI=1S/C23H22N4O2/c1-3-12-28-17-10-8-16(9-11-17)21-20-19(15-6-4-14(2)5-7-15)18(13-24)22(25)29-23(20)27-26-21/h4-11,19H,3,12,25H2,1-2H3,(H,26,27). The summed E-state index contributed by atoms with van der Waals surface area (Å²) in [7, 11) is 0. The van der Waals surface area contributed by atoms with Crippen LogP contribution < -0.4 is 15.2 Å². The van der Waals surface area contributed by atoms with Crippen molar-refractivity contribution in [3.63, 3.8) is 0 Å². The van der Waals surface area contributed by atoms with Crippen LogP contribution in [0.5, 0.6) is 11.6 Å². The van der Waals surface area contributed by atoms with Crippen LogP contribution in [0.4, 0.5) is 0 Å². The van der Waals surface area contributed by atoms with E-state index in [9.17, 15) is 5.26 Å². The number of aromatic amines is 1. The van der Waals surface area contributed by atoms with Crippen molar-refractivity contribution >= 4 is 0 Å². The Bertz CT molecular complexity index is 1090. The average Bonchev–Trinajstić information content (AvgIpc) is 3.15. The fourth-order valence-corrected chi connectivity index (χ4v) is 3.50. The van der Waals surface area contributed by atoms with Crippen molar-refractivity contribution in [3.8, 4) is 29.0 Å². The molecule has 1 aliphatic rings. The Balaban J connectivity index is 1.80. The summed E-state index contributed by atoms with van der Waals surface area (Å²) in [6.45, 7) is 4.78. The normalized spacial score (nSPS) is 15.4. The zero-order valence-corrected chi connectivity index (χ0v) is 16.4. The van der Waals surface area contributed by atoms with Crippen LogP contribution in [0.15, 0.2) is 60.0 Å². The molecule has 0 amide bonds. The molecule has 1 aromatic heterocycles. The number of aromatic nitrogens is 2. The fraction of sp³-hybridized carbons (Fsp3) is 0.217. The smallest absolute Gasteiger partial charge is 0.244 e. The fourth-order valence-electron chi connectivity index (χ4n) is 3.50. The zero-order valence-electron chi connectivity index (χ0n) is 16.4. The van der Waals surface area contributed by atoms with Crippen molar-refractivity contribution in [1.29, 1.82) is 5.26 Å². The molecule has 0 fully saturated rings. The molecule has 2 heterocycles. The maximum atomic E-state index is 9.78. The van der Waals surface area contributed by atoms with Crippen LogP contribution >= 0.6 is 0 Å². The topological polar surface area (TPSA) is 97.0 Å². The van der Waals surface area contributed by atoms with E-state index in [0.717, 1.165) is 40.1 Å². The van der Waals surface area contributed by atoms with Crippen LogP contribution in [-0.4, -0.2) is 16.8 Å². The number of nitrogens with zero attached hydrogens (tertiary/aromatic N) is 2. The van der Waals surface area contributed by atoms with E-state index >= 15 is 0 Å². The van der Waals surface area contributed by atoms with Gasteiger partial charge in [-0.15, -0.1) is 5.10 Å². The first-order valence-corrected chi connectivity index (χ1v) is 9.58. The predicted molar refractivity (Wildman–Crippen MR) is 110 cm³/mol. The van der Waals surface area contributed by atoms with Gasteiger partial charge in [0.05, 0.1) is 23.8 Å². The summed E-state index contributed by atoms with van der Waals surface area (Å²) in [6.07, 6.45) is 0.954. The molecule has 0 spiro atoms. The van der Waals surface area contributed by atoms with E-state index in [-0.39, 0.29) is 11.8 Å². The summed E-state index contributed by atoms with van der Waals surface area (Å²) in [5, 5.41) is 17.2. The number of ether oxygens (including phenoxy) is 2. The number of nitrogens with one attached hydrogen (secondary N) is 1. The van der Waals surface area contributed by atoms with E-state index in [2.05, 4.69) is 23.2 Å². The maximum Gasteiger partial charge on any atom is 0.244 e. The lowest BCUT2D eigenvalue weighted by Gasteiger charge is -2.24. The van der Waals surface area contributed by atoms with E-state index in [4.69, 9.17) is 15.2 Å². The van der Waals surface area contributed by atoms with Crippen molar-refractivity contribution in [2.45, 2.75) is 26.2 Å². The van der Waals surface area contributed by atoms with Gasteiger partial charge in [-0.1, -0.05) is 36.8 Å². The van der Waals surface area contributed by atoms with E-state index < -0.39 is 0 Å². The molecule has 1 atom stereocenters. The minimum absolute atomic E-state index is 0.0898. The molecule has 0 bridgehead atoms. The molecule has 1 aliphatic heterocycles. The van der Waals surface area contributed by atoms with Gasteiger partial charge in [0.15, 0.2) is 0 Å². The molecule has 3 aromatic rings. The first-order chi connectivity index (χ1) is 14.1. The first-order valence-electron chi connectivity index (χ1n) is 9.58. The number of nitrogens with two attached hydrogens (primary N) is 1. The van der Waals surface area contributed by atoms with Crippen molar-refractivity contribution < 1.29 is 9.47 Å². The number of hydrogen-bond donors (Lipinski definition) is 2. The quantitative estimate of drug-likeness (QED) is 0.678. The molecule has 1 unspecified atom stereocenters. The number of benzene rings is 2. The monoisotopic (exact) mass is 386 g/mol. The predicted octanol–water partition coefficient (Wildman–Crippen LogP) is 4.39. The van der Waals surface area contributed by atoms with Gasteiger partial charge in [0.25, 0.3) is 0 Å². The van der Waals surface area contributed by atoms with Crippen LogP contribution in [0.3, 0.4) is 0 Å². The summed E-state index contributed by atoms with van der Waals surface area (Å²) in [4.78, 5) is 0. The van der Waals surface area contributed by atoms with E-state index in [1.165, 1.54) is 0 Å². The van der Waals surface area contributed by atoms with Gasteiger partial charge in [-0.25, -0.2) is 0 Å². The van der Waals surface area contributed by atoms with Crippen molar-refractivity contribution in [2.24, 2.45) is 5.73 Å². The van der Waals surface area contributed by atoms with E-state index in [1.807, 2.05) is 55.5 Å². The van der Waals surface area contributed by atoms with Crippen molar-refractivity contribution in [3.05, 3.63) is 76.7 Å². The van der Waals surface area contributed by atoms with Crippen LogP contribution in [0.25, 0.3) is 11.3 Å². The molecule has 4 rings (SSSR count). The summed E-state index contributed by atoms with van der Waals surface area (Å²) in [5.41, 5.74) is 11.1. The van der Waals surface area contributed by atoms with E-state index in [0.29, 0.717) is 18.1 Å². The number of H-pyrrole nitrogens is 1. The second-order valence-electron chi connectivity index (χ2n) is 7.03. The van der Waals surface area contributed by atoms with Gasteiger partial charge in [-0.3, -0.25) is 5.10 Å². The van der Waals surface area contributed by atoms with Crippen LogP contribution in [0.1, 0.15) is 36.0 Å². The Kier molecular flexibility index (Phi) is 4.96. The van der Waals surface area contributed by atoms with Gasteiger partial charge in [-0.05, 0) is 43.2 Å². The largest absolute Gasteiger partial charge is 0.494 e. The van der Waals surface area contributed by atoms with Gasteiger partial charge in [-0.2, -0.15) is 5.26 Å². The number of nitriles is 1. The zero-order chi connectivity index (χ0) is 20.4. The Morgan fingerprint density at radius 1 is 1.17 bits per heavy atom. The second kappa shape index (κ2) is 7.72. The molecule has 146 valence electrons. The Hall–Kier alpha value is -3.72. The molecule has 0 saturated carbocycles. The maximum absolute atomic E-state index is 9.78. The lowest BCUT2D eigenvalue weighted by atomic mass is 9.83. The van der Waals surface area contributed by atoms with Gasteiger partial charge in [0.2, 0.25) is 11.8 Å². The number of aryl methyl sites for hydroxylation is 1. The summed E-state index contributed by atoms with van der Waals surface area (Å²) >= 11 is 0. The van der Waals surface area contributed by atoms with Crippen LogP contribution in [0.2, 0.25) is 0 Å². The summed E-state index contributed by atoms with van der Waals surface area (Å²) in [6, 6.07) is 18.1.